The Morgan fingerprint density at radius 1 is 0.974 bits per heavy atom. The minimum Gasteiger partial charge on any atom is -0.497 e. The summed E-state index contributed by atoms with van der Waals surface area (Å²) >= 11 is 1.33. The summed E-state index contributed by atoms with van der Waals surface area (Å²) in [6, 6.07) is 9.92. The first-order valence-electron chi connectivity index (χ1n) is 11.7. The average molecular weight is 554 g/mol. The van der Waals surface area contributed by atoms with Crippen molar-refractivity contribution in [2.24, 2.45) is 0 Å². The fraction of sp³-hybridized carbons (Fsp3) is 0.222. The zero-order valence-corrected chi connectivity index (χ0v) is 22.5. The third kappa shape index (κ3) is 6.24. The first-order chi connectivity index (χ1) is 18.9. The van der Waals surface area contributed by atoms with Gasteiger partial charge >= 0.3 is 6.16 Å². The van der Waals surface area contributed by atoms with Crippen LogP contribution in [-0.2, 0) is 11.3 Å². The molecule has 39 heavy (non-hydrogen) atoms. The Morgan fingerprint density at radius 2 is 1.72 bits per heavy atom. The number of rotatable bonds is 10. The number of nitrogen functional groups attached to an aromatic ring is 1. The number of amides is 1. The number of methoxy groups -OCH3 is 3. The summed E-state index contributed by atoms with van der Waals surface area (Å²) in [6.45, 7) is 1.95. The highest BCUT2D eigenvalue weighted by Crippen LogP contribution is 2.38. The maximum Gasteiger partial charge on any atom is 0.513 e. The molecule has 0 saturated heterocycles. The number of carbonyl (C=O) groups excluding carboxylic acids is 2. The van der Waals surface area contributed by atoms with Crippen LogP contribution >= 0.6 is 11.3 Å². The number of thiophene rings is 1. The molecule has 0 unspecified atom stereocenters. The molecule has 204 valence electrons. The number of anilines is 2. The highest BCUT2D eigenvalue weighted by Gasteiger charge is 2.18. The van der Waals surface area contributed by atoms with Gasteiger partial charge in [-0.25, -0.2) is 9.78 Å². The topological polar surface area (TPSA) is 140 Å². The van der Waals surface area contributed by atoms with Gasteiger partial charge in [0.2, 0.25) is 0 Å². The van der Waals surface area contributed by atoms with Crippen molar-refractivity contribution in [3.05, 3.63) is 59.1 Å². The normalized spacial score (nSPS) is 10.6. The number of carbonyl (C=O) groups is 2. The van der Waals surface area contributed by atoms with Crippen molar-refractivity contribution in [1.29, 1.82) is 0 Å². The number of aromatic nitrogens is 1. The first-order valence-corrected chi connectivity index (χ1v) is 12.6. The summed E-state index contributed by atoms with van der Waals surface area (Å²) in [5.74, 6) is 1.99. The van der Waals surface area contributed by atoms with Gasteiger partial charge in [-0.3, -0.25) is 4.79 Å². The number of benzene rings is 2. The van der Waals surface area contributed by atoms with E-state index in [9.17, 15) is 9.59 Å². The third-order valence-corrected chi connectivity index (χ3v) is 6.59. The molecule has 0 bridgehead atoms. The molecule has 0 aliphatic carbocycles. The molecule has 0 saturated carbocycles. The second-order valence-electron chi connectivity index (χ2n) is 7.97. The lowest BCUT2D eigenvalue weighted by Crippen LogP contribution is -2.12. The molecular weight excluding hydrogens is 526 g/mol. The van der Waals surface area contributed by atoms with Crippen molar-refractivity contribution in [3.8, 4) is 28.7 Å². The van der Waals surface area contributed by atoms with E-state index in [0.717, 1.165) is 5.56 Å². The lowest BCUT2D eigenvalue weighted by molar-refractivity contribution is 0.102. The second kappa shape index (κ2) is 12.2. The Kier molecular flexibility index (Phi) is 8.56. The van der Waals surface area contributed by atoms with Gasteiger partial charge in [0.1, 0.15) is 23.9 Å². The van der Waals surface area contributed by atoms with Crippen LogP contribution in [0.25, 0.3) is 10.1 Å². The molecule has 0 spiro atoms. The quantitative estimate of drug-likeness (QED) is 0.250. The SMILES string of the molecule is CCOC(=O)Oc1cnc(N)c2c(COc3cc(C(=O)Nc4cc(OC)cc(OC)c4)ccc3OC)csc12. The van der Waals surface area contributed by atoms with Crippen LogP contribution in [-0.4, -0.2) is 45.0 Å². The van der Waals surface area contributed by atoms with Crippen LogP contribution in [0, 0.1) is 0 Å². The van der Waals surface area contributed by atoms with Gasteiger partial charge < -0.3 is 39.5 Å². The summed E-state index contributed by atoms with van der Waals surface area (Å²) in [5, 5.41) is 5.27. The molecular formula is C27H27N3O8S. The van der Waals surface area contributed by atoms with E-state index in [1.54, 1.807) is 43.3 Å². The fourth-order valence-corrected chi connectivity index (χ4v) is 4.70. The van der Waals surface area contributed by atoms with Crippen LogP contribution in [0.1, 0.15) is 22.8 Å². The highest BCUT2D eigenvalue weighted by atomic mass is 32.1. The van der Waals surface area contributed by atoms with Crippen LogP contribution in [0.5, 0.6) is 28.7 Å². The predicted molar refractivity (Wildman–Crippen MR) is 147 cm³/mol. The Labute approximate surface area is 228 Å². The van der Waals surface area contributed by atoms with Crippen molar-refractivity contribution in [1.82, 2.24) is 4.98 Å². The molecule has 0 aliphatic heterocycles. The second-order valence-corrected chi connectivity index (χ2v) is 8.85. The number of ether oxygens (including phenoxy) is 6. The Hall–Kier alpha value is -4.71. The number of pyridine rings is 1. The van der Waals surface area contributed by atoms with E-state index in [4.69, 9.17) is 34.2 Å². The van der Waals surface area contributed by atoms with Crippen LogP contribution in [0.3, 0.4) is 0 Å². The lowest BCUT2D eigenvalue weighted by Gasteiger charge is -2.13. The first kappa shape index (κ1) is 27.3. The zero-order valence-electron chi connectivity index (χ0n) is 21.7. The van der Waals surface area contributed by atoms with Gasteiger partial charge in [0.25, 0.3) is 5.91 Å². The number of nitrogens with zero attached hydrogens (tertiary/aromatic N) is 1. The minimum atomic E-state index is -0.830. The third-order valence-electron chi connectivity index (χ3n) is 5.54. The van der Waals surface area contributed by atoms with Gasteiger partial charge in [-0.15, -0.1) is 11.3 Å². The van der Waals surface area contributed by atoms with Gasteiger partial charge in [-0.2, -0.15) is 0 Å². The molecule has 1 amide bonds. The number of hydrogen-bond donors (Lipinski definition) is 2. The molecule has 2 aromatic heterocycles. The molecule has 2 aromatic carbocycles. The highest BCUT2D eigenvalue weighted by molar-refractivity contribution is 7.17. The fourth-order valence-electron chi connectivity index (χ4n) is 3.69. The molecule has 0 radical (unpaired) electrons. The standard InChI is InChI=1S/C27H27N3O8S/c1-5-36-27(32)38-22-12-29-25(28)23-16(14-39-24(22)23)13-37-21-8-15(6-7-20(21)35-4)26(31)30-17-9-18(33-2)11-19(10-17)34-3/h6-12,14H,5,13H2,1-4H3,(H2,28,29)(H,30,31). The summed E-state index contributed by atoms with van der Waals surface area (Å²) in [7, 11) is 4.56. The van der Waals surface area contributed by atoms with Gasteiger partial charge in [0, 0.05) is 40.4 Å². The van der Waals surface area contributed by atoms with Gasteiger partial charge in [-0.05, 0) is 30.5 Å². The molecule has 11 nitrogen and oxygen atoms in total. The van der Waals surface area contributed by atoms with E-state index in [0.29, 0.717) is 44.3 Å². The largest absolute Gasteiger partial charge is 0.513 e. The number of fused-ring (bicyclic) bond motifs is 1. The molecule has 12 heteroatoms. The van der Waals surface area contributed by atoms with E-state index in [-0.39, 0.29) is 30.7 Å². The molecule has 4 aromatic rings. The van der Waals surface area contributed by atoms with Crippen LogP contribution in [0.2, 0.25) is 0 Å². The van der Waals surface area contributed by atoms with Gasteiger partial charge in [0.15, 0.2) is 17.2 Å². The van der Waals surface area contributed by atoms with Crippen molar-refractivity contribution in [2.75, 3.05) is 39.0 Å². The summed E-state index contributed by atoms with van der Waals surface area (Å²) in [6.07, 6.45) is 0.544. The van der Waals surface area contributed by atoms with E-state index in [1.165, 1.54) is 38.9 Å². The smallest absolute Gasteiger partial charge is 0.497 e. The van der Waals surface area contributed by atoms with Crippen molar-refractivity contribution >= 4 is 45.0 Å². The van der Waals surface area contributed by atoms with Crippen molar-refractivity contribution in [3.63, 3.8) is 0 Å². The summed E-state index contributed by atoms with van der Waals surface area (Å²) in [5.41, 5.74) is 7.70. The Morgan fingerprint density at radius 3 is 2.38 bits per heavy atom. The number of hydrogen-bond acceptors (Lipinski definition) is 11. The summed E-state index contributed by atoms with van der Waals surface area (Å²) in [4.78, 5) is 29.0. The van der Waals surface area contributed by atoms with E-state index in [2.05, 4.69) is 10.3 Å². The van der Waals surface area contributed by atoms with Crippen LogP contribution in [0.4, 0.5) is 16.3 Å². The van der Waals surface area contributed by atoms with Crippen molar-refractivity contribution in [2.45, 2.75) is 13.5 Å². The minimum absolute atomic E-state index is 0.0866. The Bertz CT molecular complexity index is 1480. The van der Waals surface area contributed by atoms with E-state index >= 15 is 0 Å². The van der Waals surface area contributed by atoms with Crippen LogP contribution in [0.15, 0.2) is 48.0 Å². The number of nitrogens with one attached hydrogen (secondary N) is 1. The molecule has 0 fully saturated rings. The molecule has 3 N–H and O–H groups in total. The maximum atomic E-state index is 13.0. The lowest BCUT2D eigenvalue weighted by atomic mass is 10.1. The Balaban J connectivity index is 1.55. The monoisotopic (exact) mass is 553 g/mol. The number of nitrogens with two attached hydrogens (primary N) is 1. The zero-order chi connectivity index (χ0) is 27.9. The van der Waals surface area contributed by atoms with Gasteiger partial charge in [0.05, 0.1) is 38.8 Å². The molecule has 0 atom stereocenters. The molecule has 4 rings (SSSR count). The maximum absolute atomic E-state index is 13.0. The van der Waals surface area contributed by atoms with Crippen LogP contribution < -0.4 is 34.7 Å². The van der Waals surface area contributed by atoms with Crippen molar-refractivity contribution < 1.29 is 38.0 Å². The predicted octanol–water partition coefficient (Wildman–Crippen LogP) is 5.27. The van der Waals surface area contributed by atoms with E-state index < -0.39 is 6.16 Å². The summed E-state index contributed by atoms with van der Waals surface area (Å²) < 4.78 is 32.8. The van der Waals surface area contributed by atoms with Gasteiger partial charge in [-0.1, -0.05) is 0 Å². The molecule has 0 aliphatic rings. The average Bonchev–Trinajstić information content (AvgIpc) is 3.38. The van der Waals surface area contributed by atoms with E-state index in [1.807, 2.05) is 5.38 Å². The molecule has 2 heterocycles.